The second kappa shape index (κ2) is 4.22. The molecular weight excluding hydrogens is 210 g/mol. The van der Waals surface area contributed by atoms with E-state index in [4.69, 9.17) is 0 Å². The van der Waals surface area contributed by atoms with Gasteiger partial charge in [0, 0.05) is 43.7 Å². The molecule has 0 radical (unpaired) electrons. The Morgan fingerprint density at radius 1 is 1.18 bits per heavy atom. The Bertz CT molecular complexity index is 277. The molecule has 2 atom stereocenters. The van der Waals surface area contributed by atoms with Crippen LogP contribution < -0.4 is 0 Å². The van der Waals surface area contributed by atoms with Crippen LogP contribution in [0, 0.1) is 5.41 Å². The zero-order valence-corrected chi connectivity index (χ0v) is 11.7. The Kier molecular flexibility index (Phi) is 2.96. The highest BCUT2D eigenvalue weighted by Gasteiger charge is 2.52. The number of likely N-dealkylation sites (tertiary alicyclic amines) is 3. The summed E-state index contributed by atoms with van der Waals surface area (Å²) in [5, 5.41) is 0. The highest BCUT2D eigenvalue weighted by atomic mass is 15.3. The summed E-state index contributed by atoms with van der Waals surface area (Å²) >= 11 is 0. The second-order valence-electron chi connectivity index (χ2n) is 6.73. The first-order valence-corrected chi connectivity index (χ1v) is 7.28. The Hall–Kier alpha value is -0.120. The van der Waals surface area contributed by atoms with Gasteiger partial charge in [-0.05, 0) is 39.9 Å². The average Bonchev–Trinajstić information content (AvgIpc) is 2.21. The van der Waals surface area contributed by atoms with Gasteiger partial charge in [0.05, 0.1) is 0 Å². The van der Waals surface area contributed by atoms with Crippen LogP contribution in [0.2, 0.25) is 0 Å². The van der Waals surface area contributed by atoms with Gasteiger partial charge in [-0.3, -0.25) is 4.90 Å². The van der Waals surface area contributed by atoms with Crippen molar-refractivity contribution in [1.82, 2.24) is 14.7 Å². The van der Waals surface area contributed by atoms with Crippen molar-refractivity contribution in [3.05, 3.63) is 0 Å². The Morgan fingerprint density at radius 3 is 2.41 bits per heavy atom. The lowest BCUT2D eigenvalue weighted by molar-refractivity contribution is -0.130. The van der Waals surface area contributed by atoms with Gasteiger partial charge in [0.1, 0.15) is 0 Å². The molecule has 17 heavy (non-hydrogen) atoms. The summed E-state index contributed by atoms with van der Waals surface area (Å²) in [6.45, 7) is 12.7. The van der Waals surface area contributed by atoms with Crippen molar-refractivity contribution < 1.29 is 0 Å². The first-order chi connectivity index (χ1) is 8.12. The van der Waals surface area contributed by atoms with Gasteiger partial charge in [-0.15, -0.1) is 0 Å². The number of piperidine rings is 1. The molecule has 0 aromatic rings. The predicted octanol–water partition coefficient (Wildman–Crippen LogP) is 1.11. The first-order valence-electron chi connectivity index (χ1n) is 7.28. The number of hydrogen-bond acceptors (Lipinski definition) is 3. The summed E-state index contributed by atoms with van der Waals surface area (Å²) in [6, 6.07) is 1.67. The molecule has 3 heteroatoms. The summed E-state index contributed by atoms with van der Waals surface area (Å²) in [5.74, 6) is 0. The van der Waals surface area contributed by atoms with Crippen molar-refractivity contribution in [2.24, 2.45) is 5.41 Å². The average molecular weight is 237 g/mol. The van der Waals surface area contributed by atoms with Crippen LogP contribution in [0.1, 0.15) is 26.7 Å². The molecule has 0 amide bonds. The van der Waals surface area contributed by atoms with Gasteiger partial charge in [-0.25, -0.2) is 0 Å². The molecule has 98 valence electrons. The molecule has 1 spiro atoms. The van der Waals surface area contributed by atoms with Crippen molar-refractivity contribution in [1.29, 1.82) is 0 Å². The fourth-order valence-corrected chi connectivity index (χ4v) is 4.37. The lowest BCUT2D eigenvalue weighted by Crippen LogP contribution is -2.73. The summed E-state index contributed by atoms with van der Waals surface area (Å²) in [5.41, 5.74) is 0.708. The molecule has 0 saturated carbocycles. The summed E-state index contributed by atoms with van der Waals surface area (Å²) in [7, 11) is 2.25. The summed E-state index contributed by atoms with van der Waals surface area (Å²) < 4.78 is 0. The minimum atomic E-state index is 0.708. The zero-order chi connectivity index (χ0) is 12.0. The SMILES string of the molecule is CCN1CCC(N2CC3(CN(C)C3)C2)CC1C. The lowest BCUT2D eigenvalue weighted by Gasteiger charge is -2.62. The van der Waals surface area contributed by atoms with Crippen molar-refractivity contribution in [2.45, 2.75) is 38.8 Å². The van der Waals surface area contributed by atoms with Crippen molar-refractivity contribution in [3.63, 3.8) is 0 Å². The van der Waals surface area contributed by atoms with E-state index in [9.17, 15) is 0 Å². The minimum absolute atomic E-state index is 0.708. The highest BCUT2D eigenvalue weighted by Crippen LogP contribution is 2.41. The monoisotopic (exact) mass is 237 g/mol. The lowest BCUT2D eigenvalue weighted by atomic mass is 9.71. The highest BCUT2D eigenvalue weighted by molar-refractivity contribution is 5.06. The van der Waals surface area contributed by atoms with Crippen LogP contribution >= 0.6 is 0 Å². The Morgan fingerprint density at radius 2 is 1.88 bits per heavy atom. The molecule has 0 bridgehead atoms. The molecule has 3 fully saturated rings. The fraction of sp³-hybridized carbons (Fsp3) is 1.00. The minimum Gasteiger partial charge on any atom is -0.305 e. The molecule has 3 saturated heterocycles. The Balaban J connectivity index is 1.48. The number of nitrogens with zero attached hydrogens (tertiary/aromatic N) is 3. The normalized spacial score (nSPS) is 39.0. The summed E-state index contributed by atoms with van der Waals surface area (Å²) in [6.07, 6.45) is 2.78. The third-order valence-corrected chi connectivity index (χ3v) is 5.20. The van der Waals surface area contributed by atoms with Gasteiger partial charge < -0.3 is 9.80 Å². The third kappa shape index (κ3) is 2.02. The van der Waals surface area contributed by atoms with Crippen molar-refractivity contribution in [2.75, 3.05) is 46.3 Å². The first kappa shape index (κ1) is 11.9. The maximum Gasteiger partial charge on any atom is 0.0212 e. The zero-order valence-electron chi connectivity index (χ0n) is 11.7. The van der Waals surface area contributed by atoms with Crippen LogP contribution in [0.3, 0.4) is 0 Å². The van der Waals surface area contributed by atoms with Gasteiger partial charge in [0.25, 0.3) is 0 Å². The molecule has 0 aromatic heterocycles. The Labute approximate surface area is 106 Å². The van der Waals surface area contributed by atoms with Gasteiger partial charge in [-0.2, -0.15) is 0 Å². The third-order valence-electron chi connectivity index (χ3n) is 5.20. The fourth-order valence-electron chi connectivity index (χ4n) is 4.37. The smallest absolute Gasteiger partial charge is 0.0212 e. The van der Waals surface area contributed by atoms with Crippen LogP contribution in [0.5, 0.6) is 0 Å². The molecule has 3 aliphatic heterocycles. The van der Waals surface area contributed by atoms with E-state index in [-0.39, 0.29) is 0 Å². The van der Waals surface area contributed by atoms with E-state index in [0.717, 1.165) is 12.1 Å². The predicted molar refractivity (Wildman–Crippen MR) is 71.2 cm³/mol. The molecule has 3 nitrogen and oxygen atoms in total. The van der Waals surface area contributed by atoms with Crippen LogP contribution in [0.25, 0.3) is 0 Å². The topological polar surface area (TPSA) is 9.72 Å². The van der Waals surface area contributed by atoms with Gasteiger partial charge in [0.15, 0.2) is 0 Å². The molecule has 3 heterocycles. The van der Waals surface area contributed by atoms with Crippen LogP contribution in [0.15, 0.2) is 0 Å². The largest absolute Gasteiger partial charge is 0.305 e. The second-order valence-corrected chi connectivity index (χ2v) is 6.73. The van der Waals surface area contributed by atoms with Gasteiger partial charge >= 0.3 is 0 Å². The van der Waals surface area contributed by atoms with Crippen LogP contribution in [-0.4, -0.2) is 73.1 Å². The molecule has 2 unspecified atom stereocenters. The van der Waals surface area contributed by atoms with E-state index in [1.165, 1.54) is 52.1 Å². The molecular formula is C14H27N3. The quantitative estimate of drug-likeness (QED) is 0.712. The van der Waals surface area contributed by atoms with E-state index in [2.05, 4.69) is 35.6 Å². The van der Waals surface area contributed by atoms with Crippen molar-refractivity contribution in [3.8, 4) is 0 Å². The standard InChI is InChI=1S/C14H27N3/c1-4-16-6-5-13(7-12(16)2)17-10-14(11-17)8-15(3)9-14/h12-13H,4-11H2,1-3H3. The van der Waals surface area contributed by atoms with Crippen molar-refractivity contribution >= 4 is 0 Å². The van der Waals surface area contributed by atoms with E-state index < -0.39 is 0 Å². The van der Waals surface area contributed by atoms with Crippen LogP contribution in [0.4, 0.5) is 0 Å². The molecule has 0 aromatic carbocycles. The number of rotatable bonds is 2. The van der Waals surface area contributed by atoms with E-state index in [1.54, 1.807) is 0 Å². The molecule has 0 aliphatic carbocycles. The number of hydrogen-bond donors (Lipinski definition) is 0. The van der Waals surface area contributed by atoms with E-state index in [0.29, 0.717) is 5.41 Å². The molecule has 3 rings (SSSR count). The van der Waals surface area contributed by atoms with E-state index in [1.807, 2.05) is 0 Å². The van der Waals surface area contributed by atoms with Gasteiger partial charge in [0.2, 0.25) is 0 Å². The van der Waals surface area contributed by atoms with Gasteiger partial charge in [-0.1, -0.05) is 6.92 Å². The van der Waals surface area contributed by atoms with Crippen LogP contribution in [-0.2, 0) is 0 Å². The van der Waals surface area contributed by atoms with E-state index >= 15 is 0 Å². The molecule has 0 N–H and O–H groups in total. The summed E-state index contributed by atoms with van der Waals surface area (Å²) in [4.78, 5) is 7.85. The maximum absolute atomic E-state index is 2.76. The molecule has 3 aliphatic rings. The maximum atomic E-state index is 2.76.